The molecule has 0 aliphatic carbocycles. The fourth-order valence-electron chi connectivity index (χ4n) is 4.09. The molecule has 0 spiro atoms. The number of rotatable bonds is 7. The van der Waals surface area contributed by atoms with Crippen LogP contribution in [0.25, 0.3) is 16.9 Å². The lowest BCUT2D eigenvalue weighted by Crippen LogP contribution is -2.42. The van der Waals surface area contributed by atoms with E-state index in [2.05, 4.69) is 15.0 Å². The molecule has 0 amide bonds. The molecule has 3 heterocycles. The van der Waals surface area contributed by atoms with Crippen LogP contribution in [0.15, 0.2) is 81.5 Å². The van der Waals surface area contributed by atoms with E-state index < -0.39 is 40.3 Å². The second kappa shape index (κ2) is 10.5. The van der Waals surface area contributed by atoms with Crippen molar-refractivity contribution in [1.29, 1.82) is 0 Å². The van der Waals surface area contributed by atoms with Crippen LogP contribution in [0.4, 0.5) is 8.78 Å². The lowest BCUT2D eigenvalue weighted by Gasteiger charge is -2.15. The Kier molecular flexibility index (Phi) is 6.91. The number of ether oxygens (including phenoxy) is 1. The first kappa shape index (κ1) is 26.4. The first-order chi connectivity index (χ1) is 19.1. The van der Waals surface area contributed by atoms with Crippen molar-refractivity contribution in [3.63, 3.8) is 0 Å². The van der Waals surface area contributed by atoms with Crippen molar-refractivity contribution in [1.82, 2.24) is 24.1 Å². The van der Waals surface area contributed by atoms with Gasteiger partial charge in [-0.1, -0.05) is 6.07 Å². The van der Waals surface area contributed by atoms with Crippen LogP contribution >= 0.6 is 0 Å². The molecule has 0 atom stereocenters. The summed E-state index contributed by atoms with van der Waals surface area (Å²) in [7, 11) is 0. The number of aromatic amines is 1. The van der Waals surface area contributed by atoms with Crippen LogP contribution in [0.3, 0.4) is 0 Å². The van der Waals surface area contributed by atoms with Crippen LogP contribution in [0.1, 0.15) is 35.8 Å². The summed E-state index contributed by atoms with van der Waals surface area (Å²) in [4.78, 5) is 61.5. The second-order valence-corrected chi connectivity index (χ2v) is 9.16. The Morgan fingerprint density at radius 2 is 1.75 bits per heavy atom. The smallest absolute Gasteiger partial charge is 0.335 e. The monoisotopic (exact) mass is 545 g/mol. The highest BCUT2D eigenvalue weighted by atomic mass is 19.1. The summed E-state index contributed by atoms with van der Waals surface area (Å²) in [6.07, 6.45) is 3.27. The summed E-state index contributed by atoms with van der Waals surface area (Å²) < 4.78 is 36.1. The largest absolute Gasteiger partial charge is 0.452 e. The van der Waals surface area contributed by atoms with E-state index >= 15 is 4.39 Å². The zero-order chi connectivity index (χ0) is 28.6. The van der Waals surface area contributed by atoms with Gasteiger partial charge in [0.15, 0.2) is 28.7 Å². The van der Waals surface area contributed by atoms with Gasteiger partial charge in [-0.25, -0.2) is 28.1 Å². The van der Waals surface area contributed by atoms with Crippen molar-refractivity contribution >= 4 is 16.9 Å². The number of benzene rings is 2. The average Bonchev–Trinajstić information content (AvgIpc) is 2.91. The number of nitrogens with one attached hydrogen (secondary N) is 1. The number of hydrogen-bond acceptors (Lipinski definition) is 7. The highest BCUT2D eigenvalue weighted by Crippen LogP contribution is 2.29. The molecule has 0 aliphatic rings. The molecule has 2 aromatic carbocycles. The predicted octanol–water partition coefficient (Wildman–Crippen LogP) is 3.71. The minimum absolute atomic E-state index is 0.107. The maximum atomic E-state index is 15.0. The molecule has 0 aliphatic heterocycles. The number of halogens is 2. The Morgan fingerprint density at radius 3 is 2.45 bits per heavy atom. The van der Waals surface area contributed by atoms with Gasteiger partial charge in [-0.05, 0) is 55.8 Å². The SMILES string of the molecule is CC(C)n1cc(C(=O)Cc2ccc(Oc3ccnc4[nH]c(=O)cnc34)c(F)c2)c(=O)n(-c2ccc(F)cc2)c1=O. The Bertz CT molecular complexity index is 1950. The molecule has 10 nitrogen and oxygen atoms in total. The third-order valence-electron chi connectivity index (χ3n) is 6.08. The molecule has 0 unspecified atom stereocenters. The van der Waals surface area contributed by atoms with Crippen LogP contribution in [-0.2, 0) is 6.42 Å². The van der Waals surface area contributed by atoms with E-state index in [1.165, 1.54) is 47.3 Å². The number of aromatic nitrogens is 5. The highest BCUT2D eigenvalue weighted by molar-refractivity contribution is 5.97. The highest BCUT2D eigenvalue weighted by Gasteiger charge is 2.21. The van der Waals surface area contributed by atoms with E-state index in [-0.39, 0.29) is 45.9 Å². The van der Waals surface area contributed by atoms with E-state index in [0.717, 1.165) is 29.0 Å². The van der Waals surface area contributed by atoms with Crippen molar-refractivity contribution in [2.45, 2.75) is 26.3 Å². The Hall–Kier alpha value is -5.26. The molecule has 5 rings (SSSR count). The Balaban J connectivity index is 1.46. The third-order valence-corrected chi connectivity index (χ3v) is 6.08. The second-order valence-electron chi connectivity index (χ2n) is 9.16. The van der Waals surface area contributed by atoms with E-state index in [1.54, 1.807) is 13.8 Å². The predicted molar refractivity (Wildman–Crippen MR) is 141 cm³/mol. The van der Waals surface area contributed by atoms with Crippen molar-refractivity contribution in [3.05, 3.63) is 121 Å². The van der Waals surface area contributed by atoms with Crippen LogP contribution in [-0.4, -0.2) is 29.9 Å². The van der Waals surface area contributed by atoms with Crippen LogP contribution in [0.2, 0.25) is 0 Å². The van der Waals surface area contributed by atoms with Gasteiger partial charge < -0.3 is 9.72 Å². The van der Waals surface area contributed by atoms with Crippen LogP contribution in [0, 0.1) is 11.6 Å². The average molecular weight is 546 g/mol. The molecule has 1 N–H and O–H groups in total. The number of pyridine rings is 1. The van der Waals surface area contributed by atoms with Crippen molar-refractivity contribution in [3.8, 4) is 17.2 Å². The maximum absolute atomic E-state index is 15.0. The zero-order valence-electron chi connectivity index (χ0n) is 21.2. The molecule has 0 fully saturated rings. The van der Waals surface area contributed by atoms with Gasteiger partial charge in [-0.2, -0.15) is 0 Å². The fraction of sp³-hybridized carbons (Fsp3) is 0.143. The van der Waals surface area contributed by atoms with Crippen LogP contribution < -0.4 is 21.5 Å². The Morgan fingerprint density at radius 1 is 1.00 bits per heavy atom. The number of Topliss-reactive ketones (excluding diaryl/α,β-unsaturated/α-hetero) is 1. The topological polar surface area (TPSA) is 129 Å². The number of H-pyrrole nitrogens is 1. The Labute approximate surface area is 224 Å². The fourth-order valence-corrected chi connectivity index (χ4v) is 4.09. The molecule has 3 aromatic heterocycles. The number of fused-ring (bicyclic) bond motifs is 1. The van der Waals surface area contributed by atoms with Gasteiger partial charge in [0, 0.05) is 30.9 Å². The first-order valence-corrected chi connectivity index (χ1v) is 12.1. The quantitative estimate of drug-likeness (QED) is 0.309. The van der Waals surface area contributed by atoms with Crippen LogP contribution in [0.5, 0.6) is 11.5 Å². The minimum Gasteiger partial charge on any atom is -0.452 e. The third kappa shape index (κ3) is 5.06. The summed E-state index contributed by atoms with van der Waals surface area (Å²) in [6, 6.07) is 9.69. The molecular formula is C28H21F2N5O5. The lowest BCUT2D eigenvalue weighted by molar-refractivity contribution is 0.0990. The number of ketones is 1. The summed E-state index contributed by atoms with van der Waals surface area (Å²) in [5.74, 6) is -1.98. The molecule has 202 valence electrons. The van der Waals surface area contributed by atoms with Crippen molar-refractivity contribution in [2.24, 2.45) is 0 Å². The van der Waals surface area contributed by atoms with E-state index in [9.17, 15) is 23.6 Å². The zero-order valence-corrected chi connectivity index (χ0v) is 21.2. The number of nitrogens with zero attached hydrogens (tertiary/aromatic N) is 4. The summed E-state index contributed by atoms with van der Waals surface area (Å²) in [5, 5.41) is 0. The van der Waals surface area contributed by atoms with E-state index in [0.29, 0.717) is 0 Å². The molecule has 0 radical (unpaired) electrons. The summed E-state index contributed by atoms with van der Waals surface area (Å²) in [5.41, 5.74) is -1.53. The van der Waals surface area contributed by atoms with Gasteiger partial charge >= 0.3 is 5.69 Å². The molecule has 5 aromatic rings. The van der Waals surface area contributed by atoms with Crippen molar-refractivity contribution < 1.29 is 18.3 Å². The molecule has 0 saturated heterocycles. The lowest BCUT2D eigenvalue weighted by atomic mass is 10.0. The molecule has 40 heavy (non-hydrogen) atoms. The van der Waals surface area contributed by atoms with Gasteiger partial charge in [0.25, 0.3) is 11.1 Å². The number of carbonyl (C=O) groups is 1. The molecule has 12 heteroatoms. The molecular weight excluding hydrogens is 524 g/mol. The number of carbonyl (C=O) groups excluding carboxylic acids is 1. The van der Waals surface area contributed by atoms with Gasteiger partial charge in [-0.15, -0.1) is 0 Å². The van der Waals surface area contributed by atoms with Gasteiger partial charge in [0.1, 0.15) is 16.9 Å². The normalized spacial score (nSPS) is 11.2. The van der Waals surface area contributed by atoms with Gasteiger partial charge in [0.05, 0.1) is 11.9 Å². The minimum atomic E-state index is -0.867. The number of hydrogen-bond donors (Lipinski definition) is 1. The van der Waals surface area contributed by atoms with Crippen molar-refractivity contribution in [2.75, 3.05) is 0 Å². The molecule has 0 bridgehead atoms. The summed E-state index contributed by atoms with van der Waals surface area (Å²) >= 11 is 0. The van der Waals surface area contributed by atoms with Gasteiger partial charge in [-0.3, -0.25) is 19.0 Å². The summed E-state index contributed by atoms with van der Waals surface area (Å²) in [6.45, 7) is 3.42. The standard InChI is InChI=1S/C28H21F2N5O5/c1-15(2)34-14-19(27(38)35(28(34)39)18-6-4-17(29)5-7-18)21(36)12-16-3-8-22(20(30)11-16)40-23-9-10-31-26-25(23)32-13-24(37)33-26/h3-11,13-15H,12H2,1-2H3,(H,31,33,37). The molecule has 0 saturated carbocycles. The first-order valence-electron chi connectivity index (χ1n) is 12.1. The van der Waals surface area contributed by atoms with E-state index in [4.69, 9.17) is 4.74 Å². The maximum Gasteiger partial charge on any atom is 0.335 e. The van der Waals surface area contributed by atoms with E-state index in [1.807, 2.05) is 0 Å². The van der Waals surface area contributed by atoms with Gasteiger partial charge in [0.2, 0.25) is 0 Å².